The molecule has 6 aromatic heterocycles. The number of nitrogens with zero attached hydrogens (tertiary/aromatic N) is 9. The third-order valence-electron chi connectivity index (χ3n) is 19.4. The van der Waals surface area contributed by atoms with Crippen molar-refractivity contribution < 1.29 is 72.5 Å². The van der Waals surface area contributed by atoms with Crippen LogP contribution in [-0.2, 0) is 31.9 Å². The molecule has 0 radical (unpaired) electrons. The van der Waals surface area contributed by atoms with Gasteiger partial charge in [0.1, 0.15) is 23.3 Å². The van der Waals surface area contributed by atoms with Crippen LogP contribution in [0.25, 0.3) is 11.2 Å². The zero-order valence-electron chi connectivity index (χ0n) is 77.6. The molecule has 13 aromatic rings. The Kier molecular flexibility index (Phi) is 39.7. The first-order chi connectivity index (χ1) is 68.0. The van der Waals surface area contributed by atoms with Crippen LogP contribution in [0.5, 0.6) is 0 Å². The van der Waals surface area contributed by atoms with Gasteiger partial charge >= 0.3 is 42.0 Å². The third kappa shape index (κ3) is 33.8. The second-order valence-electron chi connectivity index (χ2n) is 30.5. The minimum absolute atomic E-state index is 0.0903. The normalized spacial score (nSPS) is 10.4. The first-order valence-electron chi connectivity index (χ1n) is 44.0. The predicted molar refractivity (Wildman–Crippen MR) is 541 cm³/mol. The number of hydrogen-bond donors (Lipinski definition) is 19. The van der Waals surface area contributed by atoms with Crippen molar-refractivity contribution in [1.82, 2.24) is 61.2 Å². The third-order valence-corrected chi connectivity index (χ3v) is 19.9. The maximum Gasteiger partial charge on any atom is 0.360 e. The van der Waals surface area contributed by atoms with Crippen molar-refractivity contribution >= 4 is 186 Å². The molecule has 12 amide bonds. The van der Waals surface area contributed by atoms with Crippen LogP contribution in [-0.4, -0.2) is 150 Å². The van der Waals surface area contributed by atoms with E-state index in [1.807, 2.05) is 73.7 Å². The topological polar surface area (TPSA) is 562 Å². The van der Waals surface area contributed by atoms with Gasteiger partial charge in [-0.2, -0.15) is 10.8 Å². The van der Waals surface area contributed by atoms with E-state index in [0.29, 0.717) is 130 Å². The second-order valence-corrected chi connectivity index (χ2v) is 31.4. The number of carbonyl (C=O) groups is 11. The summed E-state index contributed by atoms with van der Waals surface area (Å²) in [6.07, 6.45) is 11.4. The molecular formula is C98H103Cl2N27O14. The molecule has 0 saturated carbocycles. The number of aliphatic carboxylic acids is 1. The average Bonchev–Trinajstić information content (AvgIpc) is 1.67. The number of hydrazine groups is 1. The van der Waals surface area contributed by atoms with Gasteiger partial charge < -0.3 is 78.4 Å². The van der Waals surface area contributed by atoms with Gasteiger partial charge in [-0.25, -0.2) is 48.6 Å². The Morgan fingerprint density at radius 3 is 1.12 bits per heavy atom. The number of aromatic nitrogens is 8. The van der Waals surface area contributed by atoms with Gasteiger partial charge in [-0.15, -0.1) is 5.10 Å². The zero-order valence-corrected chi connectivity index (χ0v) is 79.2. The van der Waals surface area contributed by atoms with Gasteiger partial charge in [0.25, 0.3) is 23.6 Å². The molecule has 0 atom stereocenters. The molecule has 0 aliphatic rings. The molecule has 0 spiro atoms. The van der Waals surface area contributed by atoms with Crippen molar-refractivity contribution in [3.05, 3.63) is 310 Å². The van der Waals surface area contributed by atoms with Gasteiger partial charge in [0.15, 0.2) is 5.69 Å². The molecule has 0 unspecified atom stereocenters. The van der Waals surface area contributed by atoms with Crippen LogP contribution < -0.4 is 95.7 Å². The van der Waals surface area contributed by atoms with Crippen molar-refractivity contribution in [1.29, 1.82) is 0 Å². The number of esters is 2. The Hall–Kier alpha value is -18.0. The first kappa shape index (κ1) is 105. The second kappa shape index (κ2) is 53.3. The predicted octanol–water partition coefficient (Wildman–Crippen LogP) is 16.9. The van der Waals surface area contributed by atoms with Crippen LogP contribution in [0.4, 0.5) is 116 Å². The van der Waals surface area contributed by atoms with Gasteiger partial charge in [-0.1, -0.05) is 83.0 Å². The Balaban J connectivity index is 0.000000194. The molecule has 0 fully saturated rings. The lowest BCUT2D eigenvalue weighted by Gasteiger charge is -2.19. The number of aryl methyl sites for hydroxylation is 1. The molecule has 0 aliphatic carbocycles. The van der Waals surface area contributed by atoms with E-state index in [4.69, 9.17) is 38.2 Å². The van der Waals surface area contributed by atoms with Crippen LogP contribution in [0.3, 0.4) is 0 Å². The molecule has 43 heteroatoms. The standard InChI is InChI=1S/C26H25ClN8O4.C26H29N5O4.C25H28N6O4.C21H21ClN8O2/c1-3-28-26(38)32-23-13-21(30-17-7-5-16(27)6-8-17)20(14-29-23)24(36)31-18-9-11-19(12-10-18)35-15-22(33-34-35)25(37)39-4-2;1-4-27-25(35)31-22-14-21(29-18-8-6-5-7-9-18)20(16-28-22)23(32)30-19-12-10-17(11-13-19)15-26(2,3)24(33)34;1-3-27-25(34)31-22-14-21(20(16-28-22)24(33)30-19-6-5-13-26-15-19)29-18-10-7-17(8-11-18)9-12-23(32)35-4-2;1-2-24-21(32)28-19-11-18(26-14-5-3-13(22)4-6-14)17(12-25-19)20(31)27-15-7-9-16(10-8-15)29-30-23/h5-15H,3-4H2,1-2H3,(H,31,36)(H3,28,29,30,32,38);5-14,16H,4,15H2,1-3H3,(H,30,32)(H,33,34)(H3,27,28,29,31,35);5-8,10-11,13-16H,3-4,9,12H2,1-2H3,(H,30,33)(H3,27,28,29,31,34);3-12H,2H2,1H3,(H6-,23,24,25,26,27,28,29,30,31,32). The van der Waals surface area contributed by atoms with E-state index in [0.717, 1.165) is 22.5 Å². The Morgan fingerprint density at radius 2 is 0.752 bits per heavy atom. The Bertz CT molecular complexity index is 6480. The summed E-state index contributed by atoms with van der Waals surface area (Å²) in [7, 11) is 0. The summed E-state index contributed by atoms with van der Waals surface area (Å²) < 4.78 is 11.3. The van der Waals surface area contributed by atoms with Crippen molar-refractivity contribution in [2.45, 2.75) is 74.7 Å². The summed E-state index contributed by atoms with van der Waals surface area (Å²) in [5, 5.41) is 65.2. The lowest BCUT2D eigenvalue weighted by atomic mass is 9.86. The molecule has 0 bridgehead atoms. The number of carbonyl (C=O) groups excluding carboxylic acids is 10. The number of pyridine rings is 5. The lowest BCUT2D eigenvalue weighted by molar-refractivity contribution is -0.444. The molecule has 19 N–H and O–H groups in total. The number of rotatable bonds is 36. The highest BCUT2D eigenvalue weighted by Crippen LogP contribution is 2.33. The number of hydrogen-bond acceptors (Lipinski definition) is 24. The fourth-order valence-electron chi connectivity index (χ4n) is 12.6. The zero-order chi connectivity index (χ0) is 101. The number of halogens is 2. The van der Waals surface area contributed by atoms with Crippen LogP contribution in [0, 0.1) is 5.41 Å². The highest BCUT2D eigenvalue weighted by atomic mass is 35.5. The minimum Gasteiger partial charge on any atom is -0.481 e. The largest absolute Gasteiger partial charge is 0.481 e. The summed E-state index contributed by atoms with van der Waals surface area (Å²) in [5.41, 5.74) is 21.3. The number of urea groups is 4. The number of anilines is 17. The highest BCUT2D eigenvalue weighted by Gasteiger charge is 2.28. The minimum atomic E-state index is -0.891. The monoisotopic (exact) mass is 1950 g/mol. The van der Waals surface area contributed by atoms with E-state index < -0.39 is 53.3 Å². The number of benzene rings is 7. The average molecular weight is 1950 g/mol. The van der Waals surface area contributed by atoms with Crippen molar-refractivity contribution in [2.24, 2.45) is 5.41 Å². The van der Waals surface area contributed by atoms with E-state index in [1.54, 1.807) is 212 Å². The van der Waals surface area contributed by atoms with Gasteiger partial charge in [0.2, 0.25) is 0 Å². The molecular weight excluding hydrogens is 1850 g/mol. The molecule has 728 valence electrons. The maximum atomic E-state index is 13.2. The van der Waals surface area contributed by atoms with Gasteiger partial charge in [-0.3, -0.25) is 60.4 Å². The molecule has 7 aromatic carbocycles. The van der Waals surface area contributed by atoms with E-state index in [2.05, 4.69) is 126 Å². The van der Waals surface area contributed by atoms with Gasteiger partial charge in [0.05, 0.1) is 87.4 Å². The fraction of sp³-hybridized carbons (Fsp3) is 0.184. The van der Waals surface area contributed by atoms with Crippen LogP contribution in [0.2, 0.25) is 10.0 Å². The molecule has 6 heterocycles. The highest BCUT2D eigenvalue weighted by molar-refractivity contribution is 6.31. The number of nitrogens with one attached hydrogen (secondary N) is 18. The van der Waals surface area contributed by atoms with Crippen LogP contribution in [0.15, 0.2) is 256 Å². The van der Waals surface area contributed by atoms with Crippen molar-refractivity contribution in [3.63, 3.8) is 0 Å². The summed E-state index contributed by atoms with van der Waals surface area (Å²) in [4.78, 5) is 155. The maximum absolute atomic E-state index is 13.2. The molecule has 41 nitrogen and oxygen atoms in total. The molecule has 13 rings (SSSR count). The lowest BCUT2D eigenvalue weighted by Crippen LogP contribution is -2.68. The van der Waals surface area contributed by atoms with Gasteiger partial charge in [-0.05, 0) is 213 Å². The van der Waals surface area contributed by atoms with E-state index in [9.17, 15) is 57.8 Å². The Morgan fingerprint density at radius 1 is 0.404 bits per heavy atom. The fourth-order valence-corrected chi connectivity index (χ4v) is 12.8. The summed E-state index contributed by atoms with van der Waals surface area (Å²) in [6, 6.07) is 59.4. The van der Waals surface area contributed by atoms with Crippen molar-refractivity contribution in [3.8, 4) is 5.69 Å². The van der Waals surface area contributed by atoms with E-state index in [-0.39, 0.29) is 75.6 Å². The van der Waals surface area contributed by atoms with Gasteiger partial charge in [0, 0.05) is 143 Å². The van der Waals surface area contributed by atoms with Crippen LogP contribution in [0.1, 0.15) is 125 Å². The van der Waals surface area contributed by atoms with Crippen molar-refractivity contribution in [2.75, 3.05) is 109 Å². The van der Waals surface area contributed by atoms with E-state index in [1.165, 1.54) is 35.7 Å². The molecule has 0 saturated heterocycles. The number of ether oxygens (including phenoxy) is 2. The SMILES string of the molecule is CCNC(=O)Nc1cc(Nc2ccc(CCC(=O)OCC)cc2)c(C(=O)Nc2cccnc2)cn1.CCNC(=O)Nc1cc(Nc2ccc(Cl)cc2)c(C(=O)Nc2ccc(-n3cc(C(=O)OCC)nn3)cc2)cn1.CCNC(=O)Nc1cc(Nc2ccc(Cl)cc2)c(C(=O)Nc2ccc(N[NH+]=[N-])cc2)cn1.CCNC(=O)Nc1cc(Nc2ccccc2)c(C(=O)Nc2ccc(CC(C)(C)C(=O)O)cc2)cn1. The number of para-hydroxylation sites is 1. The van der Waals surface area contributed by atoms with E-state index >= 15 is 0 Å². The number of amides is 12. The molecule has 0 aliphatic heterocycles. The summed E-state index contributed by atoms with van der Waals surface area (Å²) in [5.74, 6) is -2.17. The first-order valence-corrected chi connectivity index (χ1v) is 44.8. The summed E-state index contributed by atoms with van der Waals surface area (Å²) in [6.45, 7) is 16.5. The smallest absolute Gasteiger partial charge is 0.360 e. The quantitative estimate of drug-likeness (QED) is 0.00985. The Labute approximate surface area is 820 Å². The summed E-state index contributed by atoms with van der Waals surface area (Å²) >= 11 is 11.9. The molecule has 141 heavy (non-hydrogen) atoms. The van der Waals surface area contributed by atoms with Crippen LogP contribution >= 0.6 is 23.2 Å². The number of carboxylic acid groups (broad SMARTS) is 1. The number of carboxylic acids is 1.